The maximum atomic E-state index is 12.0. The Hall–Kier alpha value is -2.08. The third-order valence-corrected chi connectivity index (χ3v) is 2.86. The second-order valence-corrected chi connectivity index (χ2v) is 5.08. The summed E-state index contributed by atoms with van der Waals surface area (Å²) in [5.41, 5.74) is 5.50. The van der Waals surface area contributed by atoms with Gasteiger partial charge in [0.25, 0.3) is 0 Å². The molecule has 1 amide bonds. The average molecular weight is 280 g/mol. The number of ether oxygens (including phenoxy) is 1. The number of amides is 1. The largest absolute Gasteiger partial charge is 0.508 e. The lowest BCUT2D eigenvalue weighted by atomic mass is 10.0. The molecule has 0 unspecified atom stereocenters. The van der Waals surface area contributed by atoms with Gasteiger partial charge in [-0.2, -0.15) is 0 Å². The normalized spacial score (nSPS) is 12.6. The molecular formula is C14H20N2O4. The Labute approximate surface area is 117 Å². The number of benzene rings is 1. The number of esters is 1. The van der Waals surface area contributed by atoms with E-state index in [-0.39, 0.29) is 5.75 Å². The number of rotatable bonds is 5. The lowest BCUT2D eigenvalue weighted by molar-refractivity contribution is -0.149. The first-order valence-corrected chi connectivity index (χ1v) is 6.20. The molecule has 1 aromatic carbocycles. The van der Waals surface area contributed by atoms with Gasteiger partial charge in [0, 0.05) is 0 Å². The Balaban J connectivity index is 2.63. The summed E-state index contributed by atoms with van der Waals surface area (Å²) in [6.07, 6.45) is 0.309. The summed E-state index contributed by atoms with van der Waals surface area (Å²) in [6.45, 7) is 3.09. The monoisotopic (exact) mass is 280 g/mol. The zero-order valence-electron chi connectivity index (χ0n) is 11.8. The summed E-state index contributed by atoms with van der Waals surface area (Å²) < 4.78 is 4.60. The van der Waals surface area contributed by atoms with Crippen molar-refractivity contribution in [2.45, 2.75) is 31.8 Å². The van der Waals surface area contributed by atoms with Crippen molar-refractivity contribution in [3.05, 3.63) is 29.8 Å². The van der Waals surface area contributed by atoms with Crippen LogP contribution in [0.5, 0.6) is 5.75 Å². The van der Waals surface area contributed by atoms with Crippen molar-refractivity contribution in [2.24, 2.45) is 5.73 Å². The molecule has 6 nitrogen and oxygen atoms in total. The fourth-order valence-corrected chi connectivity index (χ4v) is 1.69. The summed E-state index contributed by atoms with van der Waals surface area (Å²) in [5.74, 6) is -0.824. The summed E-state index contributed by atoms with van der Waals surface area (Å²) in [6, 6.07) is 5.64. The van der Waals surface area contributed by atoms with E-state index in [0.717, 1.165) is 5.56 Å². The van der Waals surface area contributed by atoms with Crippen LogP contribution in [-0.2, 0) is 20.7 Å². The smallest absolute Gasteiger partial charge is 0.330 e. The second-order valence-electron chi connectivity index (χ2n) is 5.08. The van der Waals surface area contributed by atoms with Crippen LogP contribution < -0.4 is 11.1 Å². The average Bonchev–Trinajstić information content (AvgIpc) is 2.39. The Kier molecular flexibility index (Phi) is 5.10. The van der Waals surface area contributed by atoms with E-state index < -0.39 is 23.5 Å². The first kappa shape index (κ1) is 16.0. The van der Waals surface area contributed by atoms with Crippen molar-refractivity contribution in [3.63, 3.8) is 0 Å². The number of hydrogen-bond acceptors (Lipinski definition) is 5. The van der Waals surface area contributed by atoms with Crippen molar-refractivity contribution in [3.8, 4) is 5.75 Å². The van der Waals surface area contributed by atoms with Crippen molar-refractivity contribution in [1.29, 1.82) is 0 Å². The number of aromatic hydroxyl groups is 1. The zero-order valence-corrected chi connectivity index (χ0v) is 11.8. The number of nitrogens with one attached hydrogen (secondary N) is 1. The van der Waals surface area contributed by atoms with E-state index in [1.165, 1.54) is 19.2 Å². The lowest BCUT2D eigenvalue weighted by Crippen LogP contribution is -2.55. The fraction of sp³-hybridized carbons (Fsp3) is 0.429. The van der Waals surface area contributed by atoms with Crippen molar-refractivity contribution < 1.29 is 19.4 Å². The van der Waals surface area contributed by atoms with Crippen LogP contribution in [0, 0.1) is 0 Å². The molecule has 1 aromatic rings. The SMILES string of the molecule is COC(=O)C(C)(C)NC(=O)[C@@H](N)Cc1ccc(O)cc1. The van der Waals surface area contributed by atoms with E-state index >= 15 is 0 Å². The molecule has 1 atom stereocenters. The van der Waals surface area contributed by atoms with E-state index in [4.69, 9.17) is 5.73 Å². The van der Waals surface area contributed by atoms with E-state index in [1.807, 2.05) is 0 Å². The molecule has 0 aliphatic rings. The van der Waals surface area contributed by atoms with Crippen LogP contribution >= 0.6 is 0 Å². The molecule has 0 aliphatic heterocycles. The summed E-state index contributed by atoms with van der Waals surface area (Å²) in [5, 5.41) is 11.7. The van der Waals surface area contributed by atoms with E-state index in [0.29, 0.717) is 6.42 Å². The topological polar surface area (TPSA) is 102 Å². The minimum absolute atomic E-state index is 0.151. The number of hydrogen-bond donors (Lipinski definition) is 3. The van der Waals surface area contributed by atoms with Gasteiger partial charge < -0.3 is 20.9 Å². The van der Waals surface area contributed by atoms with Crippen LogP contribution in [0.2, 0.25) is 0 Å². The second kappa shape index (κ2) is 6.38. The Morgan fingerprint density at radius 3 is 2.40 bits per heavy atom. The molecule has 0 spiro atoms. The Morgan fingerprint density at radius 2 is 1.90 bits per heavy atom. The molecule has 0 aliphatic carbocycles. The highest BCUT2D eigenvalue weighted by Crippen LogP contribution is 2.11. The van der Waals surface area contributed by atoms with Gasteiger partial charge in [-0.15, -0.1) is 0 Å². The van der Waals surface area contributed by atoms with Crippen molar-refractivity contribution >= 4 is 11.9 Å². The van der Waals surface area contributed by atoms with Gasteiger partial charge in [0.05, 0.1) is 13.2 Å². The van der Waals surface area contributed by atoms with Gasteiger partial charge in [-0.05, 0) is 38.0 Å². The zero-order chi connectivity index (χ0) is 15.3. The highest BCUT2D eigenvalue weighted by atomic mass is 16.5. The number of phenolic OH excluding ortho intramolecular Hbond substituents is 1. The van der Waals surface area contributed by atoms with Crippen LogP contribution in [0.3, 0.4) is 0 Å². The molecule has 1 rings (SSSR count). The van der Waals surface area contributed by atoms with Crippen LogP contribution in [0.15, 0.2) is 24.3 Å². The molecule has 20 heavy (non-hydrogen) atoms. The standard InChI is InChI=1S/C14H20N2O4/c1-14(2,13(19)20-3)16-12(18)11(15)8-9-4-6-10(17)7-5-9/h4-7,11,17H,8,15H2,1-3H3,(H,16,18)/t11-/m0/s1. The predicted octanol–water partition coefficient (Wildman–Crippen LogP) is 0.330. The number of carbonyl (C=O) groups is 2. The van der Waals surface area contributed by atoms with E-state index in [2.05, 4.69) is 10.1 Å². The molecule has 0 radical (unpaired) electrons. The lowest BCUT2D eigenvalue weighted by Gasteiger charge is -2.25. The van der Waals surface area contributed by atoms with Crippen LogP contribution in [0.4, 0.5) is 0 Å². The van der Waals surface area contributed by atoms with Gasteiger partial charge in [0.1, 0.15) is 11.3 Å². The van der Waals surface area contributed by atoms with Gasteiger partial charge in [-0.25, -0.2) is 4.79 Å². The Bertz CT molecular complexity index is 482. The molecule has 6 heteroatoms. The van der Waals surface area contributed by atoms with Gasteiger partial charge in [-0.1, -0.05) is 12.1 Å². The van der Waals surface area contributed by atoms with E-state index in [9.17, 15) is 14.7 Å². The summed E-state index contributed by atoms with van der Waals surface area (Å²) in [4.78, 5) is 23.4. The van der Waals surface area contributed by atoms with Crippen molar-refractivity contribution in [1.82, 2.24) is 5.32 Å². The van der Waals surface area contributed by atoms with Gasteiger partial charge in [0.15, 0.2) is 0 Å². The molecule has 0 saturated heterocycles. The number of nitrogens with two attached hydrogens (primary N) is 1. The third-order valence-electron chi connectivity index (χ3n) is 2.86. The number of phenols is 1. The highest BCUT2D eigenvalue weighted by molar-refractivity contribution is 5.89. The molecule has 0 fully saturated rings. The third kappa shape index (κ3) is 4.24. The summed E-state index contributed by atoms with van der Waals surface area (Å²) >= 11 is 0. The number of carbonyl (C=O) groups excluding carboxylic acids is 2. The molecule has 4 N–H and O–H groups in total. The first-order chi connectivity index (χ1) is 9.26. The number of methoxy groups -OCH3 is 1. The molecule has 0 aromatic heterocycles. The maximum Gasteiger partial charge on any atom is 0.330 e. The first-order valence-electron chi connectivity index (χ1n) is 6.20. The van der Waals surface area contributed by atoms with Gasteiger partial charge in [-0.3, -0.25) is 4.79 Å². The van der Waals surface area contributed by atoms with Crippen molar-refractivity contribution in [2.75, 3.05) is 7.11 Å². The molecular weight excluding hydrogens is 260 g/mol. The maximum absolute atomic E-state index is 12.0. The molecule has 0 bridgehead atoms. The summed E-state index contributed by atoms with van der Waals surface area (Å²) in [7, 11) is 1.26. The van der Waals surface area contributed by atoms with Gasteiger partial charge in [0.2, 0.25) is 5.91 Å². The fourth-order valence-electron chi connectivity index (χ4n) is 1.69. The Morgan fingerprint density at radius 1 is 1.35 bits per heavy atom. The van der Waals surface area contributed by atoms with Crippen LogP contribution in [-0.4, -0.2) is 35.7 Å². The predicted molar refractivity (Wildman–Crippen MR) is 74.0 cm³/mol. The van der Waals surface area contributed by atoms with Gasteiger partial charge >= 0.3 is 5.97 Å². The molecule has 0 heterocycles. The minimum atomic E-state index is -1.13. The quantitative estimate of drug-likeness (QED) is 0.675. The minimum Gasteiger partial charge on any atom is -0.508 e. The van der Waals surface area contributed by atoms with Crippen LogP contribution in [0.1, 0.15) is 19.4 Å². The highest BCUT2D eigenvalue weighted by Gasteiger charge is 2.32. The van der Waals surface area contributed by atoms with Crippen LogP contribution in [0.25, 0.3) is 0 Å². The molecule has 0 saturated carbocycles. The van der Waals surface area contributed by atoms with E-state index in [1.54, 1.807) is 26.0 Å². The molecule has 110 valence electrons.